The van der Waals surface area contributed by atoms with Crippen LogP contribution in [0.3, 0.4) is 0 Å². The van der Waals surface area contributed by atoms with Gasteiger partial charge in [-0.2, -0.15) is 0 Å². The minimum Gasteiger partial charge on any atom is -0.379 e. The molecule has 0 spiro atoms. The number of hydrogen-bond donors (Lipinski definition) is 0. The minimum atomic E-state index is 0.168. The summed E-state index contributed by atoms with van der Waals surface area (Å²) >= 11 is 0. The van der Waals surface area contributed by atoms with Gasteiger partial charge in [0.1, 0.15) is 0 Å². The lowest BCUT2D eigenvalue weighted by Gasteiger charge is -2.48. The molecule has 0 fully saturated rings. The standard InChI is InChI=1S/C34H24BN3/c1-4-13-29-25(10-1)27-12-3-6-17-33(27)38-34-19-18-23(21-28(34)26-11-2-5-14-30(26)35(29)38)31-15-7-16-32(37-31)24-9-8-20-36-22-24/h1-20,22,28H,21H2. The highest BCUT2D eigenvalue weighted by Gasteiger charge is 2.45. The number of hydrogen-bond acceptors (Lipinski definition) is 3. The van der Waals surface area contributed by atoms with Crippen molar-refractivity contribution in [3.05, 3.63) is 145 Å². The van der Waals surface area contributed by atoms with Gasteiger partial charge in [-0.15, -0.1) is 0 Å². The van der Waals surface area contributed by atoms with Crippen molar-refractivity contribution < 1.29 is 0 Å². The Hall–Kier alpha value is -4.70. The van der Waals surface area contributed by atoms with E-state index in [0.29, 0.717) is 0 Å². The molecule has 0 amide bonds. The Balaban J connectivity index is 1.30. The molecule has 4 heterocycles. The van der Waals surface area contributed by atoms with Crippen molar-refractivity contribution in [2.75, 3.05) is 4.81 Å². The lowest BCUT2D eigenvalue weighted by atomic mass is 9.42. The topological polar surface area (TPSA) is 29.0 Å². The molecule has 4 heteroatoms. The molecule has 0 N–H and O–H groups in total. The molecule has 0 radical (unpaired) electrons. The summed E-state index contributed by atoms with van der Waals surface area (Å²) in [5.74, 6) is 0.268. The molecule has 1 unspecified atom stereocenters. The lowest BCUT2D eigenvalue weighted by molar-refractivity contribution is 0.786. The van der Waals surface area contributed by atoms with Crippen LogP contribution in [0.25, 0.3) is 28.0 Å². The van der Waals surface area contributed by atoms with Crippen LogP contribution >= 0.6 is 0 Å². The predicted molar refractivity (Wildman–Crippen MR) is 157 cm³/mol. The summed E-state index contributed by atoms with van der Waals surface area (Å²) in [6.07, 6.45) is 9.22. The average molecular weight is 485 g/mol. The molecule has 8 rings (SSSR count). The first kappa shape index (κ1) is 21.4. The molecule has 178 valence electrons. The molecule has 0 saturated heterocycles. The van der Waals surface area contributed by atoms with Gasteiger partial charge in [-0.05, 0) is 70.5 Å². The van der Waals surface area contributed by atoms with Crippen molar-refractivity contribution in [1.29, 1.82) is 0 Å². The number of rotatable bonds is 2. The highest BCUT2D eigenvalue weighted by Crippen LogP contribution is 2.47. The van der Waals surface area contributed by atoms with E-state index in [0.717, 1.165) is 23.4 Å². The first-order valence-electron chi connectivity index (χ1n) is 13.2. The molecule has 3 nitrogen and oxygen atoms in total. The zero-order chi connectivity index (χ0) is 25.1. The number of para-hydroxylation sites is 1. The third-order valence-electron chi connectivity index (χ3n) is 8.18. The number of fused-ring (bicyclic) bond motifs is 11. The molecule has 0 saturated carbocycles. The first-order chi connectivity index (χ1) is 18.9. The third-order valence-corrected chi connectivity index (χ3v) is 8.18. The van der Waals surface area contributed by atoms with E-state index in [2.05, 4.69) is 119 Å². The number of pyridine rings is 2. The third kappa shape index (κ3) is 3.17. The Labute approximate surface area is 222 Å². The van der Waals surface area contributed by atoms with Gasteiger partial charge in [0.15, 0.2) is 0 Å². The predicted octanol–water partition coefficient (Wildman–Crippen LogP) is 6.20. The fourth-order valence-electron chi connectivity index (χ4n) is 6.53. The molecule has 1 atom stereocenters. The summed E-state index contributed by atoms with van der Waals surface area (Å²) < 4.78 is 0. The Morgan fingerprint density at radius 1 is 0.684 bits per heavy atom. The van der Waals surface area contributed by atoms with Gasteiger partial charge in [-0.3, -0.25) is 4.98 Å². The largest absolute Gasteiger partial charge is 0.379 e. The van der Waals surface area contributed by atoms with Gasteiger partial charge in [0, 0.05) is 40.8 Å². The molecule has 1 aliphatic carbocycles. The summed E-state index contributed by atoms with van der Waals surface area (Å²) in [7, 11) is 0. The van der Waals surface area contributed by atoms with E-state index in [4.69, 9.17) is 4.98 Å². The van der Waals surface area contributed by atoms with Crippen LogP contribution in [0.15, 0.2) is 133 Å². The maximum atomic E-state index is 5.06. The number of aromatic nitrogens is 2. The van der Waals surface area contributed by atoms with Gasteiger partial charge >= 0.3 is 6.85 Å². The van der Waals surface area contributed by atoms with E-state index in [1.807, 2.05) is 12.3 Å². The molecule has 38 heavy (non-hydrogen) atoms. The maximum Gasteiger partial charge on any atom is 0.328 e. The second-order valence-corrected chi connectivity index (χ2v) is 10.2. The summed E-state index contributed by atoms with van der Waals surface area (Å²) in [5.41, 5.74) is 13.8. The molecule has 5 aromatic rings. The quantitative estimate of drug-likeness (QED) is 0.279. The van der Waals surface area contributed by atoms with Crippen molar-refractivity contribution in [2.45, 2.75) is 12.3 Å². The number of benzene rings is 3. The maximum absolute atomic E-state index is 5.06. The number of allylic oxidation sites excluding steroid dienone is 4. The first-order valence-corrected chi connectivity index (χ1v) is 13.2. The molecule has 2 aliphatic heterocycles. The fraction of sp³-hybridized carbons (Fsp3) is 0.0588. The van der Waals surface area contributed by atoms with Gasteiger partial charge in [-0.25, -0.2) is 4.98 Å². The molecular formula is C34H24BN3. The molecular weight excluding hydrogens is 461 g/mol. The van der Waals surface area contributed by atoms with Crippen LogP contribution in [0.5, 0.6) is 0 Å². The van der Waals surface area contributed by atoms with Crippen LogP contribution in [0.1, 0.15) is 23.6 Å². The van der Waals surface area contributed by atoms with Crippen LogP contribution in [0, 0.1) is 0 Å². The average Bonchev–Trinajstić information content (AvgIpc) is 3.01. The van der Waals surface area contributed by atoms with Crippen molar-refractivity contribution in [3.63, 3.8) is 0 Å². The normalized spacial score (nSPS) is 16.8. The molecule has 3 aromatic carbocycles. The lowest BCUT2D eigenvalue weighted by Crippen LogP contribution is -2.63. The van der Waals surface area contributed by atoms with Gasteiger partial charge in [0.2, 0.25) is 0 Å². The Morgan fingerprint density at radius 2 is 1.47 bits per heavy atom. The van der Waals surface area contributed by atoms with Crippen LogP contribution in [0.2, 0.25) is 0 Å². The van der Waals surface area contributed by atoms with Crippen LogP contribution in [0.4, 0.5) is 5.69 Å². The summed E-state index contributed by atoms with van der Waals surface area (Å²) in [6, 6.07) is 37.1. The molecule has 0 bridgehead atoms. The minimum absolute atomic E-state index is 0.168. The van der Waals surface area contributed by atoms with E-state index in [1.54, 1.807) is 6.20 Å². The smallest absolute Gasteiger partial charge is 0.328 e. The summed E-state index contributed by atoms with van der Waals surface area (Å²) in [6.45, 7) is 0.168. The van der Waals surface area contributed by atoms with E-state index in [-0.39, 0.29) is 12.8 Å². The number of anilines is 1. The van der Waals surface area contributed by atoms with Crippen molar-refractivity contribution in [1.82, 2.24) is 9.97 Å². The second-order valence-electron chi connectivity index (χ2n) is 10.2. The van der Waals surface area contributed by atoms with Gasteiger partial charge in [0.05, 0.1) is 11.4 Å². The van der Waals surface area contributed by atoms with Gasteiger partial charge in [0.25, 0.3) is 0 Å². The highest BCUT2D eigenvalue weighted by molar-refractivity contribution is 6.91. The van der Waals surface area contributed by atoms with E-state index in [1.165, 1.54) is 44.6 Å². The van der Waals surface area contributed by atoms with Crippen LogP contribution in [-0.4, -0.2) is 16.8 Å². The number of nitrogens with zero attached hydrogens (tertiary/aromatic N) is 3. The van der Waals surface area contributed by atoms with Crippen LogP contribution < -0.4 is 15.7 Å². The van der Waals surface area contributed by atoms with Crippen molar-refractivity contribution >= 4 is 29.0 Å². The highest BCUT2D eigenvalue weighted by atomic mass is 15.1. The van der Waals surface area contributed by atoms with Crippen molar-refractivity contribution in [2.24, 2.45) is 0 Å². The fourth-order valence-corrected chi connectivity index (χ4v) is 6.53. The zero-order valence-electron chi connectivity index (χ0n) is 20.8. The SMILES string of the molecule is C1=C(c2cccc(-c3cccnc3)n2)CC2C(=C1)N1B(c3ccccc3-c3ccccc31)c1ccccc12. The molecule has 3 aliphatic rings. The van der Waals surface area contributed by atoms with Crippen LogP contribution in [-0.2, 0) is 0 Å². The van der Waals surface area contributed by atoms with E-state index in [9.17, 15) is 0 Å². The van der Waals surface area contributed by atoms with E-state index >= 15 is 0 Å². The Morgan fingerprint density at radius 3 is 2.37 bits per heavy atom. The zero-order valence-corrected chi connectivity index (χ0v) is 20.8. The second kappa shape index (κ2) is 8.42. The summed E-state index contributed by atoms with van der Waals surface area (Å²) in [5, 5.41) is 0. The monoisotopic (exact) mass is 485 g/mol. The van der Waals surface area contributed by atoms with Gasteiger partial charge in [-0.1, -0.05) is 78.9 Å². The molecule has 2 aromatic heterocycles. The van der Waals surface area contributed by atoms with Crippen molar-refractivity contribution in [3.8, 4) is 22.4 Å². The Bertz CT molecular complexity index is 1770. The van der Waals surface area contributed by atoms with E-state index < -0.39 is 0 Å². The summed E-state index contributed by atoms with van der Waals surface area (Å²) in [4.78, 5) is 11.9. The van der Waals surface area contributed by atoms with Gasteiger partial charge < -0.3 is 4.81 Å². The Kier molecular flexibility index (Phi) is 4.74.